The molecule has 1 saturated heterocycles. The summed E-state index contributed by atoms with van der Waals surface area (Å²) < 4.78 is 32.7. The first kappa shape index (κ1) is 24.4. The molecular formula is C25H30N2O6S. The fraction of sp³-hybridized carbons (Fsp3) is 0.440. The molecule has 1 unspecified atom stereocenters. The number of aromatic carboxylic acids is 1. The van der Waals surface area contributed by atoms with Crippen molar-refractivity contribution < 1.29 is 27.9 Å². The number of ether oxygens (including phenoxy) is 1. The molecule has 2 N–H and O–H groups in total. The number of carboxylic acids is 1. The van der Waals surface area contributed by atoms with Gasteiger partial charge in [-0.1, -0.05) is 36.4 Å². The first-order chi connectivity index (χ1) is 16.2. The van der Waals surface area contributed by atoms with Gasteiger partial charge >= 0.3 is 5.97 Å². The number of nitrogens with zero attached hydrogens (tertiary/aromatic N) is 1. The minimum absolute atomic E-state index is 0.0790. The zero-order valence-electron chi connectivity index (χ0n) is 19.2. The molecule has 4 rings (SSSR count). The third kappa shape index (κ3) is 5.16. The average Bonchev–Trinajstić information content (AvgIpc) is 2.83. The molecule has 1 amide bonds. The van der Waals surface area contributed by atoms with E-state index in [1.807, 2.05) is 18.2 Å². The van der Waals surface area contributed by atoms with E-state index < -0.39 is 21.6 Å². The predicted molar refractivity (Wildman–Crippen MR) is 127 cm³/mol. The molecule has 2 aromatic carbocycles. The standard InChI is InChI=1S/C25H30N2O6S/c1-2-34(31,32)27-12-10-25(11-13-27)22-9-4-3-7-19(22)15-21(33-25)16-23(28)26-17-18-6-5-8-20(14-18)24(29)30/h3-9,14,21H,2,10-13,15-17H2,1H3,(H,26,28)(H,29,30). The highest BCUT2D eigenvalue weighted by Crippen LogP contribution is 2.44. The summed E-state index contributed by atoms with van der Waals surface area (Å²) in [5, 5.41) is 12.0. The van der Waals surface area contributed by atoms with Crippen molar-refractivity contribution in [1.29, 1.82) is 0 Å². The second kappa shape index (κ2) is 9.85. The van der Waals surface area contributed by atoms with Gasteiger partial charge in [-0.25, -0.2) is 17.5 Å². The quantitative estimate of drug-likeness (QED) is 0.622. The number of sulfonamides is 1. The van der Waals surface area contributed by atoms with Gasteiger partial charge in [0.15, 0.2) is 0 Å². The Balaban J connectivity index is 1.43. The number of carbonyl (C=O) groups is 2. The average molecular weight is 487 g/mol. The molecule has 0 aromatic heterocycles. The lowest BCUT2D eigenvalue weighted by atomic mass is 9.78. The molecule has 0 radical (unpaired) electrons. The number of carbonyl (C=O) groups excluding carboxylic acids is 1. The summed E-state index contributed by atoms with van der Waals surface area (Å²) in [6, 6.07) is 14.5. The molecule has 0 aliphatic carbocycles. The zero-order valence-corrected chi connectivity index (χ0v) is 20.0. The Hall–Kier alpha value is -2.75. The molecule has 8 nitrogen and oxygen atoms in total. The first-order valence-corrected chi connectivity index (χ1v) is 13.2. The van der Waals surface area contributed by atoms with Crippen LogP contribution in [0.1, 0.15) is 53.2 Å². The normalized spacial score (nSPS) is 20.0. The van der Waals surface area contributed by atoms with Crippen LogP contribution < -0.4 is 5.32 Å². The van der Waals surface area contributed by atoms with Crippen LogP contribution in [0.2, 0.25) is 0 Å². The van der Waals surface area contributed by atoms with Crippen molar-refractivity contribution in [2.24, 2.45) is 0 Å². The molecule has 2 aliphatic heterocycles. The first-order valence-electron chi connectivity index (χ1n) is 11.6. The van der Waals surface area contributed by atoms with E-state index in [1.54, 1.807) is 25.1 Å². The minimum Gasteiger partial charge on any atom is -0.478 e. The summed E-state index contributed by atoms with van der Waals surface area (Å²) in [5.74, 6) is -1.10. The van der Waals surface area contributed by atoms with Crippen molar-refractivity contribution >= 4 is 21.9 Å². The lowest BCUT2D eigenvalue weighted by Gasteiger charge is -2.47. The molecular weight excluding hydrogens is 456 g/mol. The number of hydrogen-bond acceptors (Lipinski definition) is 5. The topological polar surface area (TPSA) is 113 Å². The van der Waals surface area contributed by atoms with Crippen LogP contribution >= 0.6 is 0 Å². The van der Waals surface area contributed by atoms with Crippen molar-refractivity contribution in [3.63, 3.8) is 0 Å². The van der Waals surface area contributed by atoms with Crippen molar-refractivity contribution in [2.75, 3.05) is 18.8 Å². The van der Waals surface area contributed by atoms with Gasteiger partial charge in [0, 0.05) is 19.6 Å². The minimum atomic E-state index is -3.25. The summed E-state index contributed by atoms with van der Waals surface area (Å²) in [6.45, 7) is 2.67. The van der Waals surface area contributed by atoms with Gasteiger partial charge in [-0.3, -0.25) is 4.79 Å². The molecule has 182 valence electrons. The Morgan fingerprint density at radius 2 is 1.88 bits per heavy atom. The van der Waals surface area contributed by atoms with Gasteiger partial charge in [-0.15, -0.1) is 0 Å². The second-order valence-electron chi connectivity index (χ2n) is 8.88. The maximum Gasteiger partial charge on any atom is 0.335 e. The molecule has 2 aromatic rings. The van der Waals surface area contributed by atoms with Crippen LogP contribution in [0, 0.1) is 0 Å². The number of fused-ring (bicyclic) bond motifs is 2. The summed E-state index contributed by atoms with van der Waals surface area (Å²) in [6.07, 6.45) is 1.55. The number of nitrogens with one attached hydrogen (secondary N) is 1. The highest BCUT2D eigenvalue weighted by atomic mass is 32.2. The maximum absolute atomic E-state index is 12.7. The van der Waals surface area contributed by atoms with Crippen molar-refractivity contribution in [3.8, 4) is 0 Å². The number of carboxylic acid groups (broad SMARTS) is 1. The van der Waals surface area contributed by atoms with Gasteiger partial charge in [0.2, 0.25) is 15.9 Å². The summed E-state index contributed by atoms with van der Waals surface area (Å²) in [7, 11) is -3.25. The van der Waals surface area contributed by atoms with E-state index in [1.165, 1.54) is 10.4 Å². The van der Waals surface area contributed by atoms with Gasteiger partial charge in [-0.2, -0.15) is 0 Å². The Bertz CT molecular complexity index is 1170. The highest BCUT2D eigenvalue weighted by molar-refractivity contribution is 7.89. The lowest BCUT2D eigenvalue weighted by Crippen LogP contribution is -2.51. The fourth-order valence-electron chi connectivity index (χ4n) is 4.92. The van der Waals surface area contributed by atoms with E-state index in [-0.39, 0.29) is 36.3 Å². The largest absolute Gasteiger partial charge is 0.478 e. The van der Waals surface area contributed by atoms with Crippen LogP contribution in [0.5, 0.6) is 0 Å². The molecule has 0 bridgehead atoms. The number of benzene rings is 2. The fourth-order valence-corrected chi connectivity index (χ4v) is 6.02. The van der Waals surface area contributed by atoms with Crippen molar-refractivity contribution in [2.45, 2.75) is 50.9 Å². The third-order valence-electron chi connectivity index (χ3n) is 6.71. The Morgan fingerprint density at radius 3 is 2.59 bits per heavy atom. The molecule has 0 saturated carbocycles. The van der Waals surface area contributed by atoms with E-state index in [2.05, 4.69) is 11.4 Å². The smallest absolute Gasteiger partial charge is 0.335 e. The van der Waals surface area contributed by atoms with Gasteiger partial charge < -0.3 is 15.2 Å². The van der Waals surface area contributed by atoms with Crippen molar-refractivity contribution in [3.05, 3.63) is 70.8 Å². The van der Waals surface area contributed by atoms with Crippen LogP contribution in [-0.4, -0.2) is 54.7 Å². The van der Waals surface area contributed by atoms with Crippen LogP contribution in [-0.2, 0) is 38.1 Å². The Kier molecular flexibility index (Phi) is 7.06. The van der Waals surface area contributed by atoms with Gasteiger partial charge in [-0.05, 0) is 55.0 Å². The van der Waals surface area contributed by atoms with Crippen LogP contribution in [0.3, 0.4) is 0 Å². The lowest BCUT2D eigenvalue weighted by molar-refractivity contribution is -0.146. The number of amides is 1. The summed E-state index contributed by atoms with van der Waals surface area (Å²) in [4.78, 5) is 23.9. The predicted octanol–water partition coefficient (Wildman–Crippen LogP) is 2.67. The van der Waals surface area contributed by atoms with Crippen molar-refractivity contribution in [1.82, 2.24) is 9.62 Å². The number of piperidine rings is 1. The highest BCUT2D eigenvalue weighted by Gasteiger charge is 2.45. The van der Waals surface area contributed by atoms with Gasteiger partial charge in [0.25, 0.3) is 0 Å². The van der Waals surface area contributed by atoms with Gasteiger partial charge in [0.1, 0.15) is 0 Å². The molecule has 1 fully saturated rings. The Morgan fingerprint density at radius 1 is 1.15 bits per heavy atom. The molecule has 1 atom stereocenters. The number of hydrogen-bond donors (Lipinski definition) is 2. The maximum atomic E-state index is 12.7. The molecule has 2 heterocycles. The third-order valence-corrected chi connectivity index (χ3v) is 8.59. The van der Waals surface area contributed by atoms with E-state index >= 15 is 0 Å². The summed E-state index contributed by atoms with van der Waals surface area (Å²) >= 11 is 0. The van der Waals surface area contributed by atoms with E-state index in [4.69, 9.17) is 9.84 Å². The van der Waals surface area contributed by atoms with Crippen LogP contribution in [0.15, 0.2) is 48.5 Å². The zero-order chi connectivity index (χ0) is 24.3. The van der Waals surface area contributed by atoms with Crippen LogP contribution in [0.25, 0.3) is 0 Å². The Labute approximate surface area is 200 Å². The molecule has 34 heavy (non-hydrogen) atoms. The summed E-state index contributed by atoms with van der Waals surface area (Å²) in [5.41, 5.74) is 2.51. The molecule has 2 aliphatic rings. The van der Waals surface area contributed by atoms with E-state index in [0.717, 1.165) is 11.1 Å². The molecule has 1 spiro atoms. The SMILES string of the molecule is CCS(=O)(=O)N1CCC2(CC1)OC(CC(=O)NCc1cccc(C(=O)O)c1)Cc1ccccc12. The monoisotopic (exact) mass is 486 g/mol. The van der Waals surface area contributed by atoms with E-state index in [9.17, 15) is 18.0 Å². The number of rotatable bonds is 7. The second-order valence-corrected chi connectivity index (χ2v) is 11.1. The van der Waals surface area contributed by atoms with Gasteiger partial charge in [0.05, 0.1) is 29.4 Å². The van der Waals surface area contributed by atoms with E-state index in [0.29, 0.717) is 37.9 Å². The molecule has 9 heteroatoms. The van der Waals surface area contributed by atoms with Crippen LogP contribution in [0.4, 0.5) is 0 Å².